The smallest absolute Gasteiger partial charge is 0.169 e. The van der Waals surface area contributed by atoms with Gasteiger partial charge in [-0.15, -0.1) is 4.58 Å². The normalized spacial score (nSPS) is 16.1. The Morgan fingerprint density at radius 1 is 1.13 bits per heavy atom. The second kappa shape index (κ2) is 6.76. The summed E-state index contributed by atoms with van der Waals surface area (Å²) in [7, 11) is 2.14. The molecule has 0 aliphatic carbocycles. The van der Waals surface area contributed by atoms with Gasteiger partial charge in [0, 0.05) is 6.42 Å². The van der Waals surface area contributed by atoms with Gasteiger partial charge < -0.3 is 0 Å². The van der Waals surface area contributed by atoms with Gasteiger partial charge in [0.1, 0.15) is 13.6 Å². The number of amidine groups is 1. The summed E-state index contributed by atoms with van der Waals surface area (Å²) in [6.45, 7) is 6.82. The van der Waals surface area contributed by atoms with Gasteiger partial charge in [0.15, 0.2) is 0 Å². The topological polar surface area (TPSA) is 6.02 Å². The maximum atomic E-state index is 2.47. The number of rotatable bonds is 7. The summed E-state index contributed by atoms with van der Waals surface area (Å²) < 4.78 is 4.71. The predicted octanol–water partition coefficient (Wildman–Crippen LogP) is 2.50. The fourth-order valence-corrected chi connectivity index (χ4v) is 2.04. The molecule has 0 radical (unpaired) electrons. The average molecular weight is 210 g/mol. The first-order valence-corrected chi connectivity index (χ1v) is 6.40. The lowest BCUT2D eigenvalue weighted by Crippen LogP contribution is -2.20. The third-order valence-electron chi connectivity index (χ3n) is 3.33. The second-order valence-electron chi connectivity index (χ2n) is 4.55. The first-order chi connectivity index (χ1) is 7.25. The predicted molar refractivity (Wildman–Crippen MR) is 66.3 cm³/mol. The van der Waals surface area contributed by atoms with Crippen LogP contribution in [-0.4, -0.2) is 41.3 Å². The van der Waals surface area contributed by atoms with Crippen LogP contribution in [0.5, 0.6) is 0 Å². The molecule has 15 heavy (non-hydrogen) atoms. The molecule has 0 aromatic rings. The van der Waals surface area contributed by atoms with Crippen LogP contribution in [0.25, 0.3) is 0 Å². The fraction of sp³-hybridized carbons (Fsp3) is 0.846. The maximum Gasteiger partial charge on any atom is 0.409 e. The molecule has 86 valence electrons. The van der Waals surface area contributed by atoms with E-state index in [1.807, 2.05) is 0 Å². The lowest BCUT2D eigenvalue weighted by atomic mass is 10.1. The van der Waals surface area contributed by atoms with Crippen LogP contribution in [0.1, 0.15) is 52.4 Å². The van der Waals surface area contributed by atoms with Crippen molar-refractivity contribution < 1.29 is 9.15 Å². The van der Waals surface area contributed by atoms with Crippen molar-refractivity contribution in [3.63, 3.8) is 0 Å². The largest absolute Gasteiger partial charge is 0.409 e. The van der Waals surface area contributed by atoms with E-state index in [-0.39, 0.29) is 0 Å². The van der Waals surface area contributed by atoms with E-state index in [1.54, 1.807) is 0 Å². The summed E-state index contributed by atoms with van der Waals surface area (Å²) in [5, 5.41) is 0. The van der Waals surface area contributed by atoms with Gasteiger partial charge in [0.2, 0.25) is 12.8 Å². The van der Waals surface area contributed by atoms with Crippen LogP contribution in [-0.2, 0) is 0 Å². The molecule has 0 saturated carbocycles. The molecule has 1 heterocycles. The molecule has 1 aliphatic heterocycles. The zero-order chi connectivity index (χ0) is 11.1. The van der Waals surface area contributed by atoms with Gasteiger partial charge in [-0.1, -0.05) is 32.6 Å². The summed E-state index contributed by atoms with van der Waals surface area (Å²) >= 11 is 0. The van der Waals surface area contributed by atoms with Crippen molar-refractivity contribution in [2.24, 2.45) is 0 Å². The van der Waals surface area contributed by atoms with Crippen molar-refractivity contribution in [3.8, 4) is 0 Å². The SMILES string of the molecule is CCCCCCCC[N+]1=C(C)[N+](C)=CC1. The Morgan fingerprint density at radius 2 is 1.80 bits per heavy atom. The highest BCUT2D eigenvalue weighted by molar-refractivity contribution is 5.74. The number of hydrogen-bond donors (Lipinski definition) is 0. The quantitative estimate of drug-likeness (QED) is 0.450. The Morgan fingerprint density at radius 3 is 2.40 bits per heavy atom. The van der Waals surface area contributed by atoms with Gasteiger partial charge in [-0.3, -0.25) is 0 Å². The van der Waals surface area contributed by atoms with Gasteiger partial charge >= 0.3 is 5.84 Å². The lowest BCUT2D eigenvalue weighted by molar-refractivity contribution is -0.541. The Bertz CT molecular complexity index is 251. The zero-order valence-corrected chi connectivity index (χ0v) is 10.6. The molecule has 0 N–H and O–H groups in total. The first kappa shape index (κ1) is 12.4. The third-order valence-corrected chi connectivity index (χ3v) is 3.33. The molecule has 0 saturated heterocycles. The van der Waals surface area contributed by atoms with Crippen molar-refractivity contribution in [2.45, 2.75) is 52.4 Å². The molecule has 2 heteroatoms. The van der Waals surface area contributed by atoms with E-state index in [0.29, 0.717) is 0 Å². The Labute approximate surface area is 94.3 Å². The highest BCUT2D eigenvalue weighted by atomic mass is 15.2. The van der Waals surface area contributed by atoms with Crippen LogP contribution in [0.4, 0.5) is 0 Å². The molecular weight excluding hydrogens is 184 g/mol. The van der Waals surface area contributed by atoms with Crippen LogP contribution in [0.3, 0.4) is 0 Å². The summed E-state index contributed by atoms with van der Waals surface area (Å²) in [5.41, 5.74) is 0. The molecule has 0 aromatic carbocycles. The zero-order valence-electron chi connectivity index (χ0n) is 10.6. The van der Waals surface area contributed by atoms with E-state index in [0.717, 1.165) is 6.54 Å². The summed E-state index contributed by atoms with van der Waals surface area (Å²) in [6, 6.07) is 0. The van der Waals surface area contributed by atoms with Gasteiger partial charge in [-0.25, -0.2) is 0 Å². The minimum absolute atomic E-state index is 1.11. The molecule has 0 amide bonds. The molecule has 0 atom stereocenters. The van der Waals surface area contributed by atoms with Crippen LogP contribution in [0.2, 0.25) is 0 Å². The molecule has 1 rings (SSSR count). The van der Waals surface area contributed by atoms with Crippen molar-refractivity contribution in [2.75, 3.05) is 20.1 Å². The van der Waals surface area contributed by atoms with E-state index in [1.165, 1.54) is 50.9 Å². The van der Waals surface area contributed by atoms with E-state index >= 15 is 0 Å². The second-order valence-corrected chi connectivity index (χ2v) is 4.55. The van der Waals surface area contributed by atoms with Crippen molar-refractivity contribution in [1.82, 2.24) is 0 Å². The minimum atomic E-state index is 1.11. The Hall–Kier alpha value is -0.660. The van der Waals surface area contributed by atoms with E-state index in [4.69, 9.17) is 0 Å². The third kappa shape index (κ3) is 4.15. The summed E-state index contributed by atoms with van der Waals surface area (Å²) in [4.78, 5) is 0. The summed E-state index contributed by atoms with van der Waals surface area (Å²) in [5.74, 6) is 1.41. The number of hydrogen-bond acceptors (Lipinski definition) is 0. The van der Waals surface area contributed by atoms with Crippen LogP contribution in [0.15, 0.2) is 0 Å². The number of unbranched alkanes of at least 4 members (excludes halogenated alkanes) is 5. The number of nitrogens with zero attached hydrogens (tertiary/aromatic N) is 2. The summed E-state index contributed by atoms with van der Waals surface area (Å²) in [6.07, 6.45) is 10.6. The molecule has 0 unspecified atom stereocenters. The van der Waals surface area contributed by atoms with Crippen molar-refractivity contribution >= 4 is 12.1 Å². The van der Waals surface area contributed by atoms with Gasteiger partial charge in [-0.05, 0) is 6.42 Å². The highest BCUT2D eigenvalue weighted by Crippen LogP contribution is 2.05. The molecule has 0 fully saturated rings. The Balaban J connectivity index is 2.07. The lowest BCUT2D eigenvalue weighted by Gasteiger charge is -1.98. The Kier molecular flexibility index (Phi) is 5.59. The monoisotopic (exact) mass is 210 g/mol. The van der Waals surface area contributed by atoms with E-state index in [2.05, 4.69) is 36.3 Å². The van der Waals surface area contributed by atoms with Gasteiger partial charge in [-0.2, -0.15) is 4.58 Å². The average Bonchev–Trinajstić information content (AvgIpc) is 2.54. The molecule has 1 aliphatic rings. The van der Waals surface area contributed by atoms with E-state index in [9.17, 15) is 0 Å². The van der Waals surface area contributed by atoms with Crippen LogP contribution in [0, 0.1) is 0 Å². The maximum absolute atomic E-state index is 2.47. The highest BCUT2D eigenvalue weighted by Gasteiger charge is 2.24. The first-order valence-electron chi connectivity index (χ1n) is 6.40. The molecule has 0 spiro atoms. The molecule has 0 aromatic heterocycles. The van der Waals surface area contributed by atoms with Crippen LogP contribution < -0.4 is 0 Å². The standard InChI is InChI=1S/C13H26N2/c1-4-5-6-7-8-9-10-15-12-11-14(3)13(15)2/h11H,4-10,12H2,1-3H3/q+2. The molecule has 0 bridgehead atoms. The minimum Gasteiger partial charge on any atom is -0.169 e. The van der Waals surface area contributed by atoms with E-state index < -0.39 is 0 Å². The van der Waals surface area contributed by atoms with Gasteiger partial charge in [0.25, 0.3) is 0 Å². The van der Waals surface area contributed by atoms with Crippen molar-refractivity contribution in [3.05, 3.63) is 0 Å². The van der Waals surface area contributed by atoms with Crippen molar-refractivity contribution in [1.29, 1.82) is 0 Å². The van der Waals surface area contributed by atoms with Gasteiger partial charge in [0.05, 0.1) is 6.92 Å². The molecular formula is C13H26N2+2. The molecule has 2 nitrogen and oxygen atoms in total. The van der Waals surface area contributed by atoms with Crippen LogP contribution >= 0.6 is 0 Å². The fourth-order valence-electron chi connectivity index (χ4n) is 2.04.